The van der Waals surface area contributed by atoms with Crippen LogP contribution in [0.4, 0.5) is 0 Å². The second-order valence-electron chi connectivity index (χ2n) is 5.99. The molecule has 2 rings (SSSR count). The van der Waals surface area contributed by atoms with E-state index in [2.05, 4.69) is 31.0 Å². The number of hydrogen-bond donors (Lipinski definition) is 1. The Morgan fingerprint density at radius 3 is 2.39 bits per heavy atom. The molecule has 1 N–H and O–H groups in total. The summed E-state index contributed by atoms with van der Waals surface area (Å²) in [6.07, 6.45) is 3.51. The summed E-state index contributed by atoms with van der Waals surface area (Å²) in [5.41, 5.74) is 0. The number of amides is 1. The lowest BCUT2D eigenvalue weighted by Crippen LogP contribution is -2.52. The molecule has 0 bridgehead atoms. The first-order valence-electron chi connectivity index (χ1n) is 7.27. The minimum atomic E-state index is 0.0168. The fourth-order valence-corrected chi connectivity index (χ4v) is 3.55. The lowest BCUT2D eigenvalue weighted by Gasteiger charge is -2.35. The van der Waals surface area contributed by atoms with Gasteiger partial charge in [-0.3, -0.25) is 9.69 Å². The lowest BCUT2D eigenvalue weighted by atomic mass is 10.1. The van der Waals surface area contributed by atoms with Gasteiger partial charge in [-0.1, -0.05) is 0 Å². The number of rotatable bonds is 3. The van der Waals surface area contributed by atoms with Crippen molar-refractivity contribution in [2.45, 2.75) is 64.2 Å². The van der Waals surface area contributed by atoms with Crippen molar-refractivity contribution in [3.63, 3.8) is 0 Å². The van der Waals surface area contributed by atoms with Crippen LogP contribution in [0.25, 0.3) is 0 Å². The van der Waals surface area contributed by atoms with Gasteiger partial charge in [-0.05, 0) is 46.6 Å². The molecule has 104 valence electrons. The van der Waals surface area contributed by atoms with Crippen LogP contribution in [0.15, 0.2) is 0 Å². The third-order valence-electron chi connectivity index (χ3n) is 4.75. The van der Waals surface area contributed by atoms with Crippen molar-refractivity contribution in [2.75, 3.05) is 20.1 Å². The average Bonchev–Trinajstić information content (AvgIpc) is 2.97. The van der Waals surface area contributed by atoms with Crippen LogP contribution in [0.3, 0.4) is 0 Å². The van der Waals surface area contributed by atoms with E-state index < -0.39 is 0 Å². The van der Waals surface area contributed by atoms with Crippen molar-refractivity contribution in [1.82, 2.24) is 15.1 Å². The molecule has 4 nitrogen and oxygen atoms in total. The first-order chi connectivity index (χ1) is 8.52. The van der Waals surface area contributed by atoms with Gasteiger partial charge in [-0.15, -0.1) is 0 Å². The highest BCUT2D eigenvalue weighted by Gasteiger charge is 2.36. The Morgan fingerprint density at radius 2 is 1.89 bits per heavy atom. The predicted octanol–water partition coefficient (Wildman–Crippen LogP) is 1.07. The van der Waals surface area contributed by atoms with E-state index in [1.54, 1.807) is 0 Å². The van der Waals surface area contributed by atoms with Crippen LogP contribution in [0, 0.1) is 0 Å². The van der Waals surface area contributed by atoms with Crippen molar-refractivity contribution in [3.05, 3.63) is 0 Å². The van der Waals surface area contributed by atoms with Gasteiger partial charge in [-0.25, -0.2) is 0 Å². The summed E-state index contributed by atoms with van der Waals surface area (Å²) in [5.74, 6) is 0.282. The molecule has 0 saturated carbocycles. The molecule has 0 spiro atoms. The van der Waals surface area contributed by atoms with Crippen LogP contribution in [-0.2, 0) is 4.79 Å². The zero-order valence-electron chi connectivity index (χ0n) is 12.1. The number of likely N-dealkylation sites (N-methyl/N-ethyl adjacent to an activating group) is 1. The van der Waals surface area contributed by atoms with Crippen LogP contribution in [0.5, 0.6) is 0 Å². The molecule has 4 unspecified atom stereocenters. The largest absolute Gasteiger partial charge is 0.340 e. The highest BCUT2D eigenvalue weighted by atomic mass is 16.2. The smallest absolute Gasteiger partial charge is 0.239 e. The molecule has 0 aromatic rings. The molecule has 0 aromatic heterocycles. The molecule has 0 aromatic carbocycles. The Morgan fingerprint density at radius 1 is 1.28 bits per heavy atom. The fraction of sp³-hybridized carbons (Fsp3) is 0.929. The summed E-state index contributed by atoms with van der Waals surface area (Å²) in [7, 11) is 1.96. The minimum absolute atomic E-state index is 0.0168. The summed E-state index contributed by atoms with van der Waals surface area (Å²) in [6, 6.07) is 1.47. The van der Waals surface area contributed by atoms with Crippen molar-refractivity contribution in [1.29, 1.82) is 0 Å². The number of carbonyl (C=O) groups is 1. The second-order valence-corrected chi connectivity index (χ2v) is 5.99. The zero-order chi connectivity index (χ0) is 13.3. The molecular weight excluding hydrogens is 226 g/mol. The predicted molar refractivity (Wildman–Crippen MR) is 73.5 cm³/mol. The standard InChI is InChI=1S/C14H27N3O/c1-10-5-6-11(2)17(10)12(3)14(18)16(4)13-7-8-15-9-13/h10-13,15H,5-9H2,1-4H3. The van der Waals surface area contributed by atoms with Gasteiger partial charge >= 0.3 is 0 Å². The van der Waals surface area contributed by atoms with E-state index in [1.165, 1.54) is 12.8 Å². The van der Waals surface area contributed by atoms with Crippen LogP contribution < -0.4 is 5.32 Å². The summed E-state index contributed by atoms with van der Waals surface area (Å²) in [5, 5.41) is 3.33. The quantitative estimate of drug-likeness (QED) is 0.817. The van der Waals surface area contributed by atoms with Crippen LogP contribution in [0.2, 0.25) is 0 Å². The Hall–Kier alpha value is -0.610. The Kier molecular flexibility index (Phi) is 4.28. The molecule has 4 heteroatoms. The van der Waals surface area contributed by atoms with E-state index >= 15 is 0 Å². The molecule has 2 aliphatic rings. The van der Waals surface area contributed by atoms with Crippen molar-refractivity contribution in [2.24, 2.45) is 0 Å². The van der Waals surface area contributed by atoms with E-state index in [4.69, 9.17) is 0 Å². The van der Waals surface area contributed by atoms with Crippen molar-refractivity contribution in [3.8, 4) is 0 Å². The summed E-state index contributed by atoms with van der Waals surface area (Å²) >= 11 is 0. The Bertz CT molecular complexity index is 291. The minimum Gasteiger partial charge on any atom is -0.340 e. The van der Waals surface area contributed by atoms with E-state index in [0.29, 0.717) is 18.1 Å². The van der Waals surface area contributed by atoms with Gasteiger partial charge in [0.05, 0.1) is 6.04 Å². The highest BCUT2D eigenvalue weighted by Crippen LogP contribution is 2.26. The fourth-order valence-electron chi connectivity index (χ4n) is 3.55. The van der Waals surface area contributed by atoms with Crippen molar-refractivity contribution >= 4 is 5.91 Å². The molecule has 1 amide bonds. The normalized spacial score (nSPS) is 34.8. The lowest BCUT2D eigenvalue weighted by molar-refractivity contribution is -0.137. The Balaban J connectivity index is 1.99. The summed E-state index contributed by atoms with van der Waals surface area (Å²) in [4.78, 5) is 16.9. The topological polar surface area (TPSA) is 35.6 Å². The number of hydrogen-bond acceptors (Lipinski definition) is 3. The zero-order valence-corrected chi connectivity index (χ0v) is 12.1. The molecule has 18 heavy (non-hydrogen) atoms. The molecule has 2 fully saturated rings. The maximum absolute atomic E-state index is 12.6. The highest BCUT2D eigenvalue weighted by molar-refractivity contribution is 5.81. The van der Waals surface area contributed by atoms with Crippen LogP contribution in [0.1, 0.15) is 40.0 Å². The van der Waals surface area contributed by atoms with Gasteiger partial charge in [0.25, 0.3) is 0 Å². The van der Waals surface area contributed by atoms with Gasteiger partial charge in [0.15, 0.2) is 0 Å². The molecule has 2 saturated heterocycles. The van der Waals surface area contributed by atoms with Crippen LogP contribution >= 0.6 is 0 Å². The average molecular weight is 253 g/mol. The van der Waals surface area contributed by atoms with E-state index in [-0.39, 0.29) is 11.9 Å². The molecule has 0 aliphatic carbocycles. The monoisotopic (exact) mass is 253 g/mol. The molecule has 2 heterocycles. The van der Waals surface area contributed by atoms with Crippen molar-refractivity contribution < 1.29 is 4.79 Å². The number of nitrogens with zero attached hydrogens (tertiary/aromatic N) is 2. The van der Waals surface area contributed by atoms with E-state index in [1.807, 2.05) is 11.9 Å². The van der Waals surface area contributed by atoms with Gasteiger partial charge in [0, 0.05) is 31.7 Å². The Labute approximate surface area is 111 Å². The number of likely N-dealkylation sites (tertiary alicyclic amines) is 1. The summed E-state index contributed by atoms with van der Waals surface area (Å²) in [6.45, 7) is 8.53. The molecule has 2 aliphatic heterocycles. The molecular formula is C14H27N3O. The first kappa shape index (κ1) is 13.8. The maximum Gasteiger partial charge on any atom is 0.239 e. The number of nitrogens with one attached hydrogen (secondary N) is 1. The SMILES string of the molecule is CC1CCC(C)N1C(C)C(=O)N(C)C1CCNC1. The van der Waals surface area contributed by atoms with Gasteiger partial charge in [-0.2, -0.15) is 0 Å². The molecule has 4 atom stereocenters. The van der Waals surface area contributed by atoms with Gasteiger partial charge in [0.2, 0.25) is 5.91 Å². The third-order valence-corrected chi connectivity index (χ3v) is 4.75. The number of carbonyl (C=O) groups excluding carboxylic acids is 1. The van der Waals surface area contributed by atoms with Gasteiger partial charge < -0.3 is 10.2 Å². The van der Waals surface area contributed by atoms with E-state index in [9.17, 15) is 4.79 Å². The van der Waals surface area contributed by atoms with Crippen LogP contribution in [-0.4, -0.2) is 60.0 Å². The van der Waals surface area contributed by atoms with E-state index in [0.717, 1.165) is 19.5 Å². The second kappa shape index (κ2) is 5.57. The molecule has 0 radical (unpaired) electrons. The third kappa shape index (κ3) is 2.54. The van der Waals surface area contributed by atoms with Gasteiger partial charge in [0.1, 0.15) is 0 Å². The summed E-state index contributed by atoms with van der Waals surface area (Å²) < 4.78 is 0. The first-order valence-corrected chi connectivity index (χ1v) is 7.27. The maximum atomic E-state index is 12.6.